The van der Waals surface area contributed by atoms with Crippen molar-refractivity contribution >= 4 is 16.9 Å². The summed E-state index contributed by atoms with van der Waals surface area (Å²) in [5.74, 6) is 0.322. The Balaban J connectivity index is 1.55. The predicted molar refractivity (Wildman–Crippen MR) is 90.7 cm³/mol. The van der Waals surface area contributed by atoms with E-state index in [0.29, 0.717) is 12.1 Å². The molecule has 1 aromatic carbocycles. The maximum atomic E-state index is 12.9. The number of aromatic amines is 1. The van der Waals surface area contributed by atoms with E-state index >= 15 is 0 Å². The zero-order valence-corrected chi connectivity index (χ0v) is 13.6. The van der Waals surface area contributed by atoms with Crippen LogP contribution in [0.3, 0.4) is 0 Å². The molecule has 0 radical (unpaired) electrons. The van der Waals surface area contributed by atoms with Gasteiger partial charge in [0.25, 0.3) is 5.91 Å². The molecule has 3 aromatic rings. The molecule has 24 heavy (non-hydrogen) atoms. The van der Waals surface area contributed by atoms with Gasteiger partial charge in [0.2, 0.25) is 0 Å². The number of amides is 1. The average Bonchev–Trinajstić information content (AvgIpc) is 3.09. The van der Waals surface area contributed by atoms with Gasteiger partial charge in [-0.2, -0.15) is 0 Å². The maximum Gasteiger partial charge on any atom is 0.253 e. The van der Waals surface area contributed by atoms with Crippen LogP contribution in [0.15, 0.2) is 36.9 Å². The number of piperidine rings is 1. The van der Waals surface area contributed by atoms with Crippen LogP contribution in [0, 0.1) is 6.92 Å². The standard InChI is InChI=1S/C18H19N5O/c1-12-8-19-9-17(22-12)14-3-2-6-23(10-14)18(24)13-4-5-15-16(7-13)21-11-20-15/h4-5,7-9,11,14H,2-3,6,10H2,1H3,(H,20,21)/t14-/m0/s1. The van der Waals surface area contributed by atoms with Crippen LogP contribution in [0.1, 0.15) is 40.5 Å². The zero-order valence-electron chi connectivity index (χ0n) is 13.6. The third kappa shape index (κ3) is 2.75. The number of carbonyl (C=O) groups is 1. The molecule has 1 fully saturated rings. The molecule has 122 valence electrons. The van der Waals surface area contributed by atoms with Crippen molar-refractivity contribution in [2.45, 2.75) is 25.7 Å². The smallest absolute Gasteiger partial charge is 0.253 e. The van der Waals surface area contributed by atoms with Crippen molar-refractivity contribution in [3.63, 3.8) is 0 Å². The van der Waals surface area contributed by atoms with Crippen LogP contribution in [-0.4, -0.2) is 43.8 Å². The monoisotopic (exact) mass is 321 g/mol. The molecule has 1 saturated heterocycles. The lowest BCUT2D eigenvalue weighted by molar-refractivity contribution is 0.0706. The number of aryl methyl sites for hydroxylation is 1. The van der Waals surface area contributed by atoms with Crippen molar-refractivity contribution in [2.75, 3.05) is 13.1 Å². The molecule has 0 spiro atoms. The molecule has 3 heterocycles. The van der Waals surface area contributed by atoms with Crippen LogP contribution < -0.4 is 0 Å². The summed E-state index contributed by atoms with van der Waals surface area (Å²) < 4.78 is 0. The largest absolute Gasteiger partial charge is 0.345 e. The van der Waals surface area contributed by atoms with Crippen molar-refractivity contribution < 1.29 is 4.79 Å². The lowest BCUT2D eigenvalue weighted by Gasteiger charge is -2.32. The average molecular weight is 321 g/mol. The molecule has 1 atom stereocenters. The predicted octanol–water partition coefficient (Wildman–Crippen LogP) is 2.68. The number of carbonyl (C=O) groups excluding carboxylic acids is 1. The summed E-state index contributed by atoms with van der Waals surface area (Å²) in [6.45, 7) is 3.43. The Labute approximate surface area is 140 Å². The fourth-order valence-electron chi connectivity index (χ4n) is 3.33. The van der Waals surface area contributed by atoms with E-state index in [2.05, 4.69) is 19.9 Å². The van der Waals surface area contributed by atoms with Gasteiger partial charge < -0.3 is 9.88 Å². The first-order valence-corrected chi connectivity index (χ1v) is 8.21. The highest BCUT2D eigenvalue weighted by Gasteiger charge is 2.26. The number of likely N-dealkylation sites (tertiary alicyclic amines) is 1. The number of aromatic nitrogens is 4. The number of nitrogens with zero attached hydrogens (tertiary/aromatic N) is 4. The minimum atomic E-state index is 0.0665. The number of H-pyrrole nitrogens is 1. The second kappa shape index (κ2) is 6.03. The van der Waals surface area contributed by atoms with Gasteiger partial charge in [-0.05, 0) is 38.0 Å². The molecule has 6 nitrogen and oxygen atoms in total. The molecule has 1 aliphatic rings. The Morgan fingerprint density at radius 1 is 1.33 bits per heavy atom. The normalized spacial score (nSPS) is 18.0. The van der Waals surface area contributed by atoms with Gasteiger partial charge in [0.1, 0.15) is 0 Å². The molecule has 6 heteroatoms. The summed E-state index contributed by atoms with van der Waals surface area (Å²) in [5, 5.41) is 0. The Morgan fingerprint density at radius 3 is 3.12 bits per heavy atom. The Morgan fingerprint density at radius 2 is 2.25 bits per heavy atom. The molecular weight excluding hydrogens is 302 g/mol. The Kier molecular flexibility index (Phi) is 3.72. The van der Waals surface area contributed by atoms with Crippen LogP contribution in [0.25, 0.3) is 11.0 Å². The summed E-state index contributed by atoms with van der Waals surface area (Å²) in [5.41, 5.74) is 4.36. The first kappa shape index (κ1) is 14.8. The van der Waals surface area contributed by atoms with E-state index in [9.17, 15) is 4.79 Å². The van der Waals surface area contributed by atoms with Gasteiger partial charge >= 0.3 is 0 Å². The topological polar surface area (TPSA) is 74.8 Å². The van der Waals surface area contributed by atoms with Crippen molar-refractivity contribution in [1.82, 2.24) is 24.8 Å². The summed E-state index contributed by atoms with van der Waals surface area (Å²) in [6, 6.07) is 5.61. The molecule has 0 unspecified atom stereocenters. The maximum absolute atomic E-state index is 12.9. The van der Waals surface area contributed by atoms with Crippen LogP contribution in [0.2, 0.25) is 0 Å². The SMILES string of the molecule is Cc1cncc([C@H]2CCCN(C(=O)c3ccc4nc[nH]c4c3)C2)n1. The lowest BCUT2D eigenvalue weighted by atomic mass is 9.94. The van der Waals surface area contributed by atoms with E-state index < -0.39 is 0 Å². The fourth-order valence-corrected chi connectivity index (χ4v) is 3.33. The van der Waals surface area contributed by atoms with E-state index in [1.807, 2.05) is 36.2 Å². The minimum Gasteiger partial charge on any atom is -0.345 e. The number of fused-ring (bicyclic) bond motifs is 1. The van der Waals surface area contributed by atoms with Crippen molar-refractivity contribution in [3.8, 4) is 0 Å². The van der Waals surface area contributed by atoms with E-state index in [0.717, 1.165) is 41.8 Å². The third-order valence-corrected chi connectivity index (χ3v) is 4.57. The van der Waals surface area contributed by atoms with Gasteiger partial charge in [-0.25, -0.2) is 4.98 Å². The first-order valence-electron chi connectivity index (χ1n) is 8.21. The second-order valence-corrected chi connectivity index (χ2v) is 6.31. The Bertz CT molecular complexity index is 888. The fraction of sp³-hybridized carbons (Fsp3) is 0.333. The van der Waals surface area contributed by atoms with E-state index in [4.69, 9.17) is 0 Å². The van der Waals surface area contributed by atoms with E-state index in [1.165, 1.54) is 0 Å². The van der Waals surface area contributed by atoms with Crippen molar-refractivity contribution in [2.24, 2.45) is 0 Å². The number of imidazole rings is 1. The summed E-state index contributed by atoms with van der Waals surface area (Å²) in [6.07, 6.45) is 7.25. The number of hydrogen-bond donors (Lipinski definition) is 1. The van der Waals surface area contributed by atoms with Gasteiger partial charge in [-0.1, -0.05) is 0 Å². The quantitative estimate of drug-likeness (QED) is 0.787. The van der Waals surface area contributed by atoms with Gasteiger partial charge in [0.05, 0.1) is 28.7 Å². The van der Waals surface area contributed by atoms with Crippen molar-refractivity contribution in [1.29, 1.82) is 0 Å². The highest BCUT2D eigenvalue weighted by Crippen LogP contribution is 2.26. The highest BCUT2D eigenvalue weighted by molar-refractivity contribution is 5.97. The van der Waals surface area contributed by atoms with Crippen LogP contribution in [-0.2, 0) is 0 Å². The molecule has 0 bridgehead atoms. The number of hydrogen-bond acceptors (Lipinski definition) is 4. The zero-order chi connectivity index (χ0) is 16.5. The van der Waals surface area contributed by atoms with Crippen LogP contribution >= 0.6 is 0 Å². The van der Waals surface area contributed by atoms with E-state index in [-0.39, 0.29) is 11.8 Å². The molecule has 1 N–H and O–H groups in total. The van der Waals surface area contributed by atoms with Crippen LogP contribution in [0.4, 0.5) is 0 Å². The summed E-state index contributed by atoms with van der Waals surface area (Å²) >= 11 is 0. The molecule has 1 aliphatic heterocycles. The van der Waals surface area contributed by atoms with Gasteiger partial charge in [0.15, 0.2) is 0 Å². The summed E-state index contributed by atoms with van der Waals surface area (Å²) in [7, 11) is 0. The number of benzene rings is 1. The van der Waals surface area contributed by atoms with Gasteiger partial charge in [-0.15, -0.1) is 0 Å². The molecule has 1 amide bonds. The number of nitrogens with one attached hydrogen (secondary N) is 1. The molecular formula is C18H19N5O. The van der Waals surface area contributed by atoms with Gasteiger partial charge in [0, 0.05) is 37.0 Å². The van der Waals surface area contributed by atoms with Gasteiger partial charge in [-0.3, -0.25) is 14.8 Å². The van der Waals surface area contributed by atoms with Crippen molar-refractivity contribution in [3.05, 3.63) is 53.9 Å². The first-order chi connectivity index (χ1) is 11.7. The highest BCUT2D eigenvalue weighted by atomic mass is 16.2. The molecule has 4 rings (SSSR count). The minimum absolute atomic E-state index is 0.0665. The molecule has 2 aromatic heterocycles. The Hall–Kier alpha value is -2.76. The third-order valence-electron chi connectivity index (χ3n) is 4.57. The van der Waals surface area contributed by atoms with E-state index in [1.54, 1.807) is 12.5 Å². The molecule has 0 aliphatic carbocycles. The van der Waals surface area contributed by atoms with Crippen LogP contribution in [0.5, 0.6) is 0 Å². The lowest BCUT2D eigenvalue weighted by Crippen LogP contribution is -2.39. The summed E-state index contributed by atoms with van der Waals surface area (Å²) in [4.78, 5) is 30.9. The molecule has 0 saturated carbocycles. The number of rotatable bonds is 2. The second-order valence-electron chi connectivity index (χ2n) is 6.31.